The summed E-state index contributed by atoms with van der Waals surface area (Å²) in [5, 5.41) is 10.0. The number of nitrogens with zero attached hydrogens (tertiary/aromatic N) is 5. The fourth-order valence-electron chi connectivity index (χ4n) is 4.98. The predicted octanol–water partition coefficient (Wildman–Crippen LogP) is 5.21. The number of primary amides is 1. The first-order valence-electron chi connectivity index (χ1n) is 11.9. The molecule has 1 fully saturated rings. The van der Waals surface area contributed by atoms with E-state index in [0.29, 0.717) is 58.5 Å². The van der Waals surface area contributed by atoms with Crippen molar-refractivity contribution in [1.29, 1.82) is 5.26 Å². The maximum atomic E-state index is 14.2. The number of para-hydroxylation sites is 1. The van der Waals surface area contributed by atoms with Gasteiger partial charge in [0.05, 0.1) is 22.4 Å². The number of benzene rings is 2. The van der Waals surface area contributed by atoms with Crippen LogP contribution in [-0.4, -0.2) is 41.0 Å². The summed E-state index contributed by atoms with van der Waals surface area (Å²) in [6.07, 6.45) is 5.02. The number of carbonyl (C=O) groups excluding carboxylic acids is 2. The summed E-state index contributed by atoms with van der Waals surface area (Å²) in [5.41, 5.74) is 7.60. The van der Waals surface area contributed by atoms with Gasteiger partial charge < -0.3 is 15.4 Å². The zero-order valence-corrected chi connectivity index (χ0v) is 20.5. The van der Waals surface area contributed by atoms with Crippen LogP contribution in [0.4, 0.5) is 21.9 Å². The molecule has 2 aliphatic heterocycles. The molecule has 6 rings (SSSR count). The lowest BCUT2D eigenvalue weighted by molar-refractivity contribution is 0.100. The van der Waals surface area contributed by atoms with Gasteiger partial charge in [-0.15, -0.1) is 11.3 Å². The van der Waals surface area contributed by atoms with E-state index in [2.05, 4.69) is 11.2 Å². The molecule has 0 saturated carbocycles. The molecule has 10 heteroatoms. The number of piperidine rings is 1. The van der Waals surface area contributed by atoms with Crippen LogP contribution in [0, 0.1) is 11.5 Å². The Morgan fingerprint density at radius 3 is 2.43 bits per heavy atom. The fourth-order valence-corrected chi connectivity index (χ4v) is 5.99. The van der Waals surface area contributed by atoms with Gasteiger partial charge >= 0.3 is 6.03 Å². The molecule has 0 unspecified atom stereocenters. The average Bonchev–Trinajstić information content (AvgIpc) is 3.31. The number of hydrogen-bond acceptors (Lipinski definition) is 7. The number of amides is 3. The van der Waals surface area contributed by atoms with Crippen molar-refractivity contribution < 1.29 is 14.3 Å². The number of pyridine rings is 1. The van der Waals surface area contributed by atoms with E-state index in [1.54, 1.807) is 27.0 Å². The molecule has 0 bridgehead atoms. The van der Waals surface area contributed by atoms with Crippen LogP contribution in [0.2, 0.25) is 0 Å². The number of nitrogens with two attached hydrogens (primary N) is 1. The topological polar surface area (TPSA) is 116 Å². The third kappa shape index (κ3) is 3.90. The molecule has 9 nitrogen and oxygen atoms in total. The number of urea groups is 1. The van der Waals surface area contributed by atoms with Crippen LogP contribution < -0.4 is 20.3 Å². The first-order chi connectivity index (χ1) is 18.0. The molecule has 4 heterocycles. The summed E-state index contributed by atoms with van der Waals surface area (Å²) < 4.78 is 5.92. The summed E-state index contributed by atoms with van der Waals surface area (Å²) in [5.74, 6) is 0.774. The molecule has 0 spiro atoms. The van der Waals surface area contributed by atoms with E-state index in [9.17, 15) is 14.9 Å². The second-order valence-electron chi connectivity index (χ2n) is 8.87. The number of likely N-dealkylation sites (tertiary alicyclic amines) is 1. The standard InChI is InChI=1S/C27H22N6O3S/c28-16-31-14-11-18(12-15-31)33-23-22-21(10-13-30-26(22)37-24(23)25(29)34)32(27(33)35)17-6-8-20(9-7-17)36-19-4-2-1-3-5-19/h1-10,13,18H,11-12,14-15H2,(H2,29,34). The molecule has 2 aromatic carbocycles. The number of anilines is 3. The van der Waals surface area contributed by atoms with E-state index in [1.165, 1.54) is 11.3 Å². The van der Waals surface area contributed by atoms with Crippen molar-refractivity contribution in [3.05, 3.63) is 71.7 Å². The van der Waals surface area contributed by atoms with Crippen LogP contribution in [-0.2, 0) is 0 Å². The Morgan fingerprint density at radius 2 is 1.76 bits per heavy atom. The van der Waals surface area contributed by atoms with E-state index in [0.717, 1.165) is 11.1 Å². The highest BCUT2D eigenvalue weighted by Gasteiger charge is 2.42. The second kappa shape index (κ2) is 9.11. The Kier molecular flexibility index (Phi) is 5.62. The molecule has 1 saturated heterocycles. The van der Waals surface area contributed by atoms with Crippen molar-refractivity contribution in [3.63, 3.8) is 0 Å². The quantitative estimate of drug-likeness (QED) is 0.369. The SMILES string of the molecule is N#CN1CCC(N2C(=O)N(c3ccc(Oc4ccccc4)cc3)c3ccnc4sc(C(N)=O)c2c34)CC1. The third-order valence-corrected chi connectivity index (χ3v) is 7.79. The van der Waals surface area contributed by atoms with Crippen LogP contribution in [0.3, 0.4) is 0 Å². The van der Waals surface area contributed by atoms with Gasteiger partial charge in [0, 0.05) is 25.3 Å². The highest BCUT2D eigenvalue weighted by Crippen LogP contribution is 2.49. The van der Waals surface area contributed by atoms with Crippen LogP contribution in [0.25, 0.3) is 10.2 Å². The lowest BCUT2D eigenvalue weighted by Gasteiger charge is -2.42. The van der Waals surface area contributed by atoms with Gasteiger partial charge in [-0.05, 0) is 55.3 Å². The second-order valence-corrected chi connectivity index (χ2v) is 9.87. The zero-order chi connectivity index (χ0) is 25.5. The number of rotatable bonds is 5. The Bertz CT molecular complexity index is 1540. The minimum absolute atomic E-state index is 0.190. The number of carbonyl (C=O) groups is 2. The maximum absolute atomic E-state index is 14.2. The normalized spacial score (nSPS) is 15.6. The first-order valence-corrected chi connectivity index (χ1v) is 12.7. The Balaban J connectivity index is 1.44. The lowest BCUT2D eigenvalue weighted by atomic mass is 10.00. The highest BCUT2D eigenvalue weighted by molar-refractivity contribution is 7.21. The van der Waals surface area contributed by atoms with Gasteiger partial charge in [-0.3, -0.25) is 14.6 Å². The number of aromatic nitrogens is 1. The van der Waals surface area contributed by atoms with E-state index in [1.807, 2.05) is 54.6 Å². The van der Waals surface area contributed by atoms with Crippen molar-refractivity contribution in [1.82, 2.24) is 9.88 Å². The number of hydrogen-bond donors (Lipinski definition) is 1. The van der Waals surface area contributed by atoms with Gasteiger partial charge in [0.1, 0.15) is 21.2 Å². The van der Waals surface area contributed by atoms with Gasteiger partial charge in [0.25, 0.3) is 5.91 Å². The number of thiophene rings is 1. The van der Waals surface area contributed by atoms with Crippen molar-refractivity contribution in [2.45, 2.75) is 18.9 Å². The molecular formula is C27H22N6O3S. The average molecular weight is 511 g/mol. The van der Waals surface area contributed by atoms with Gasteiger partial charge in [-0.1, -0.05) is 18.2 Å². The van der Waals surface area contributed by atoms with Crippen LogP contribution >= 0.6 is 11.3 Å². The Hall–Kier alpha value is -4.62. The van der Waals surface area contributed by atoms with Crippen molar-refractivity contribution in [3.8, 4) is 17.7 Å². The van der Waals surface area contributed by atoms with Gasteiger partial charge in [0.2, 0.25) is 0 Å². The monoisotopic (exact) mass is 510 g/mol. The molecule has 0 aliphatic carbocycles. The molecule has 0 radical (unpaired) electrons. The third-order valence-electron chi connectivity index (χ3n) is 6.69. The molecule has 0 atom stereocenters. The van der Waals surface area contributed by atoms with Crippen molar-refractivity contribution in [2.24, 2.45) is 5.73 Å². The molecule has 37 heavy (non-hydrogen) atoms. The lowest BCUT2D eigenvalue weighted by Crippen LogP contribution is -2.52. The summed E-state index contributed by atoms with van der Waals surface area (Å²) >= 11 is 1.20. The molecule has 2 N–H and O–H groups in total. The summed E-state index contributed by atoms with van der Waals surface area (Å²) in [4.78, 5) is 37.1. The van der Waals surface area contributed by atoms with E-state index >= 15 is 0 Å². The molecule has 2 aliphatic rings. The molecule has 4 aromatic rings. The van der Waals surface area contributed by atoms with Crippen LogP contribution in [0.5, 0.6) is 11.5 Å². The minimum atomic E-state index is -0.591. The first kappa shape index (κ1) is 22.8. The smallest absolute Gasteiger partial charge is 0.333 e. The van der Waals surface area contributed by atoms with Crippen LogP contribution in [0.1, 0.15) is 22.5 Å². The molecular weight excluding hydrogens is 488 g/mol. The molecule has 184 valence electrons. The predicted molar refractivity (Wildman–Crippen MR) is 141 cm³/mol. The van der Waals surface area contributed by atoms with E-state index in [-0.39, 0.29) is 12.1 Å². The van der Waals surface area contributed by atoms with Crippen molar-refractivity contribution >= 4 is 50.6 Å². The highest BCUT2D eigenvalue weighted by atomic mass is 32.1. The molecule has 3 amide bonds. The minimum Gasteiger partial charge on any atom is -0.457 e. The van der Waals surface area contributed by atoms with Gasteiger partial charge in [0.15, 0.2) is 6.19 Å². The number of ether oxygens (including phenoxy) is 1. The summed E-state index contributed by atoms with van der Waals surface area (Å²) in [6.45, 7) is 1.07. The summed E-state index contributed by atoms with van der Waals surface area (Å²) in [7, 11) is 0. The largest absolute Gasteiger partial charge is 0.457 e. The zero-order valence-electron chi connectivity index (χ0n) is 19.7. The van der Waals surface area contributed by atoms with Gasteiger partial charge in [-0.25, -0.2) is 9.78 Å². The summed E-state index contributed by atoms with van der Waals surface area (Å²) in [6, 6.07) is 18.1. The van der Waals surface area contributed by atoms with Crippen molar-refractivity contribution in [2.75, 3.05) is 22.9 Å². The fraction of sp³-hybridized carbons (Fsp3) is 0.185. The Labute approximate surface area is 216 Å². The number of nitriles is 1. The van der Waals surface area contributed by atoms with E-state index in [4.69, 9.17) is 10.5 Å². The van der Waals surface area contributed by atoms with Crippen LogP contribution in [0.15, 0.2) is 66.9 Å². The van der Waals surface area contributed by atoms with E-state index < -0.39 is 5.91 Å². The van der Waals surface area contributed by atoms with Gasteiger partial charge in [-0.2, -0.15) is 5.26 Å². The Morgan fingerprint density at radius 1 is 1.05 bits per heavy atom. The maximum Gasteiger partial charge on any atom is 0.333 e. The molecule has 2 aromatic heterocycles.